The van der Waals surface area contributed by atoms with E-state index in [4.69, 9.17) is 9.47 Å². The molecule has 1 unspecified atom stereocenters. The summed E-state index contributed by atoms with van der Waals surface area (Å²) in [6.45, 7) is 0.759. The number of ether oxygens (including phenoxy) is 2. The third kappa shape index (κ3) is 5.26. The molecule has 0 radical (unpaired) electrons. The van der Waals surface area contributed by atoms with E-state index >= 15 is 0 Å². The molecule has 0 spiro atoms. The summed E-state index contributed by atoms with van der Waals surface area (Å²) in [6, 6.07) is 6.82. The first kappa shape index (κ1) is 19.4. The molecular weight excluding hydrogens is 316 g/mol. The molecule has 2 N–H and O–H groups in total. The number of hydrogen-bond donors (Lipinski definition) is 2. The van der Waals surface area contributed by atoms with E-state index < -0.39 is 0 Å². The third-order valence-electron chi connectivity index (χ3n) is 4.80. The summed E-state index contributed by atoms with van der Waals surface area (Å²) in [5, 5.41) is 7.00. The predicted molar refractivity (Wildman–Crippen MR) is 103 cm³/mol. The van der Waals surface area contributed by atoms with Crippen molar-refractivity contribution in [3.05, 3.63) is 23.8 Å². The van der Waals surface area contributed by atoms with Gasteiger partial charge in [0.2, 0.25) is 0 Å². The van der Waals surface area contributed by atoms with Crippen molar-refractivity contribution >= 4 is 5.96 Å². The molecule has 1 aromatic carbocycles. The Morgan fingerprint density at radius 3 is 2.44 bits per heavy atom. The van der Waals surface area contributed by atoms with Crippen molar-refractivity contribution in [2.45, 2.75) is 37.8 Å². The van der Waals surface area contributed by atoms with Crippen LogP contribution in [0.4, 0.5) is 0 Å². The second-order valence-electron chi connectivity index (χ2n) is 6.67. The van der Waals surface area contributed by atoms with E-state index in [-0.39, 0.29) is 6.04 Å². The van der Waals surface area contributed by atoms with Crippen molar-refractivity contribution in [2.24, 2.45) is 4.99 Å². The molecule has 1 saturated carbocycles. The summed E-state index contributed by atoms with van der Waals surface area (Å²) in [4.78, 5) is 6.56. The number of guanidine groups is 1. The zero-order chi connectivity index (χ0) is 18.2. The minimum atomic E-state index is 0.196. The van der Waals surface area contributed by atoms with Crippen LogP contribution in [0.1, 0.15) is 37.3 Å². The number of nitrogens with zero attached hydrogens (tertiary/aromatic N) is 2. The molecular formula is C19H32N4O2. The van der Waals surface area contributed by atoms with Crippen LogP contribution < -0.4 is 20.1 Å². The van der Waals surface area contributed by atoms with Gasteiger partial charge in [0.15, 0.2) is 17.5 Å². The molecule has 0 heterocycles. The van der Waals surface area contributed by atoms with E-state index in [1.807, 2.05) is 19.2 Å². The average molecular weight is 348 g/mol. The van der Waals surface area contributed by atoms with Crippen molar-refractivity contribution in [1.29, 1.82) is 0 Å². The van der Waals surface area contributed by atoms with E-state index in [1.165, 1.54) is 31.2 Å². The first-order chi connectivity index (χ1) is 12.1. The van der Waals surface area contributed by atoms with Gasteiger partial charge in [0.1, 0.15) is 0 Å². The lowest BCUT2D eigenvalue weighted by atomic mass is 10.1. The van der Waals surface area contributed by atoms with Gasteiger partial charge < -0.3 is 25.0 Å². The van der Waals surface area contributed by atoms with Crippen LogP contribution in [0.3, 0.4) is 0 Å². The van der Waals surface area contributed by atoms with E-state index in [9.17, 15) is 0 Å². The summed E-state index contributed by atoms with van der Waals surface area (Å²) < 4.78 is 10.8. The van der Waals surface area contributed by atoms with Gasteiger partial charge >= 0.3 is 0 Å². The minimum Gasteiger partial charge on any atom is -0.493 e. The maximum atomic E-state index is 5.44. The van der Waals surface area contributed by atoms with Gasteiger partial charge in [-0.1, -0.05) is 18.9 Å². The monoisotopic (exact) mass is 348 g/mol. The molecule has 1 atom stereocenters. The zero-order valence-corrected chi connectivity index (χ0v) is 16.1. The van der Waals surface area contributed by atoms with Crippen LogP contribution in [0.2, 0.25) is 0 Å². The number of aliphatic imine (C=N–C) groups is 1. The lowest BCUT2D eigenvalue weighted by Gasteiger charge is -2.27. The quantitative estimate of drug-likeness (QED) is 0.585. The van der Waals surface area contributed by atoms with Crippen LogP contribution >= 0.6 is 0 Å². The molecule has 2 rings (SSSR count). The Morgan fingerprint density at radius 1 is 1.20 bits per heavy atom. The fraction of sp³-hybridized carbons (Fsp3) is 0.632. The van der Waals surface area contributed by atoms with Gasteiger partial charge in [-0.05, 0) is 44.6 Å². The van der Waals surface area contributed by atoms with Gasteiger partial charge in [0.05, 0.1) is 20.3 Å². The van der Waals surface area contributed by atoms with Gasteiger partial charge in [0, 0.05) is 19.6 Å². The van der Waals surface area contributed by atoms with Crippen molar-refractivity contribution in [3.8, 4) is 11.5 Å². The smallest absolute Gasteiger partial charge is 0.191 e. The Morgan fingerprint density at radius 2 is 1.88 bits per heavy atom. The molecule has 25 heavy (non-hydrogen) atoms. The standard InChI is InChI=1S/C19H32N4O2/c1-20-19(22-15-8-6-7-9-15)21-13-16(23(2)3)14-10-11-17(24-4)18(12-14)25-5/h10-12,15-16H,6-9,13H2,1-5H3,(H2,20,21,22). The third-order valence-corrected chi connectivity index (χ3v) is 4.80. The van der Waals surface area contributed by atoms with E-state index in [1.54, 1.807) is 14.2 Å². The van der Waals surface area contributed by atoms with Crippen LogP contribution in [-0.2, 0) is 0 Å². The zero-order valence-electron chi connectivity index (χ0n) is 16.1. The highest BCUT2D eigenvalue weighted by atomic mass is 16.5. The Hall–Kier alpha value is -1.95. The maximum Gasteiger partial charge on any atom is 0.191 e. The number of rotatable bonds is 7. The molecule has 1 aromatic rings. The van der Waals surface area contributed by atoms with Crippen molar-refractivity contribution in [2.75, 3.05) is 41.9 Å². The fourth-order valence-electron chi connectivity index (χ4n) is 3.31. The predicted octanol–water partition coefficient (Wildman–Crippen LogP) is 2.41. The molecule has 1 aliphatic carbocycles. The molecule has 6 heteroatoms. The lowest BCUT2D eigenvalue weighted by Crippen LogP contribution is -2.45. The topological polar surface area (TPSA) is 58.1 Å². The number of hydrogen-bond acceptors (Lipinski definition) is 4. The van der Waals surface area contributed by atoms with Gasteiger partial charge in [-0.25, -0.2) is 0 Å². The Balaban J connectivity index is 2.04. The molecule has 0 aliphatic heterocycles. The minimum absolute atomic E-state index is 0.196. The van der Waals surface area contributed by atoms with Crippen LogP contribution in [0.15, 0.2) is 23.2 Å². The highest BCUT2D eigenvalue weighted by Crippen LogP contribution is 2.31. The first-order valence-corrected chi connectivity index (χ1v) is 8.94. The second-order valence-corrected chi connectivity index (χ2v) is 6.67. The molecule has 1 aliphatic rings. The molecule has 140 valence electrons. The number of benzene rings is 1. The molecule has 0 amide bonds. The van der Waals surface area contributed by atoms with Gasteiger partial charge in [-0.15, -0.1) is 0 Å². The summed E-state index contributed by atoms with van der Waals surface area (Å²) in [5.41, 5.74) is 1.17. The van der Waals surface area contributed by atoms with Gasteiger partial charge in [-0.2, -0.15) is 0 Å². The summed E-state index contributed by atoms with van der Waals surface area (Å²) in [6.07, 6.45) is 5.07. The maximum absolute atomic E-state index is 5.44. The average Bonchev–Trinajstić information content (AvgIpc) is 3.13. The summed E-state index contributed by atoms with van der Waals surface area (Å²) in [7, 11) is 9.30. The fourth-order valence-corrected chi connectivity index (χ4v) is 3.31. The molecule has 0 aromatic heterocycles. The first-order valence-electron chi connectivity index (χ1n) is 8.94. The van der Waals surface area contributed by atoms with Crippen molar-refractivity contribution in [1.82, 2.24) is 15.5 Å². The Kier molecular flexibility index (Phi) is 7.37. The number of nitrogens with one attached hydrogen (secondary N) is 2. The van der Waals surface area contributed by atoms with Gasteiger partial charge in [-0.3, -0.25) is 4.99 Å². The molecule has 6 nitrogen and oxygen atoms in total. The van der Waals surface area contributed by atoms with Crippen molar-refractivity contribution < 1.29 is 9.47 Å². The molecule has 0 bridgehead atoms. The highest BCUT2D eigenvalue weighted by molar-refractivity contribution is 5.80. The highest BCUT2D eigenvalue weighted by Gasteiger charge is 2.19. The van der Waals surface area contributed by atoms with Crippen LogP contribution in [0.25, 0.3) is 0 Å². The van der Waals surface area contributed by atoms with Crippen LogP contribution in [-0.4, -0.2) is 58.8 Å². The van der Waals surface area contributed by atoms with E-state index in [0.717, 1.165) is 24.0 Å². The summed E-state index contributed by atoms with van der Waals surface area (Å²) in [5.74, 6) is 2.37. The van der Waals surface area contributed by atoms with E-state index in [2.05, 4.69) is 40.7 Å². The van der Waals surface area contributed by atoms with Crippen LogP contribution in [0.5, 0.6) is 11.5 Å². The lowest BCUT2D eigenvalue weighted by molar-refractivity contribution is 0.295. The Labute approximate surface area is 151 Å². The summed E-state index contributed by atoms with van der Waals surface area (Å²) >= 11 is 0. The van der Waals surface area contributed by atoms with Gasteiger partial charge in [0.25, 0.3) is 0 Å². The van der Waals surface area contributed by atoms with E-state index in [0.29, 0.717) is 6.04 Å². The van der Waals surface area contributed by atoms with Crippen LogP contribution in [0, 0.1) is 0 Å². The second kappa shape index (κ2) is 9.51. The number of methoxy groups -OCH3 is 2. The van der Waals surface area contributed by atoms with Crippen molar-refractivity contribution in [3.63, 3.8) is 0 Å². The Bertz CT molecular complexity index is 569. The normalized spacial score (nSPS) is 16.8. The number of likely N-dealkylation sites (N-methyl/N-ethyl adjacent to an activating group) is 1. The molecule has 0 saturated heterocycles. The largest absolute Gasteiger partial charge is 0.493 e. The SMILES string of the molecule is CN=C(NCC(c1ccc(OC)c(OC)c1)N(C)C)NC1CCCC1. The molecule has 1 fully saturated rings.